The van der Waals surface area contributed by atoms with Crippen LogP contribution in [-0.2, 0) is 0 Å². The number of nitriles is 1. The summed E-state index contributed by atoms with van der Waals surface area (Å²) >= 11 is 0. The highest BCUT2D eigenvalue weighted by molar-refractivity contribution is 5.97. The molecular formula is C23H17N7. The Hall–Kier alpha value is -4.44. The van der Waals surface area contributed by atoms with Gasteiger partial charge in [0.15, 0.2) is 5.82 Å². The zero-order valence-corrected chi connectivity index (χ0v) is 16.2. The zero-order valence-electron chi connectivity index (χ0n) is 16.2. The van der Waals surface area contributed by atoms with Crippen LogP contribution in [0.2, 0.25) is 0 Å². The number of hydrogen-bond acceptors (Lipinski definition) is 6. The highest BCUT2D eigenvalue weighted by atomic mass is 15.6. The lowest BCUT2D eigenvalue weighted by atomic mass is 10.1. The van der Waals surface area contributed by atoms with Crippen molar-refractivity contribution in [3.63, 3.8) is 0 Å². The Labute approximate surface area is 172 Å². The topological polar surface area (TPSA) is 82.7 Å². The van der Waals surface area contributed by atoms with Gasteiger partial charge < -0.3 is 5.43 Å². The van der Waals surface area contributed by atoms with Crippen molar-refractivity contribution in [2.75, 3.05) is 17.4 Å². The molecule has 0 amide bonds. The number of nitrogens with one attached hydrogen (secondary N) is 1. The van der Waals surface area contributed by atoms with Gasteiger partial charge in [-0.3, -0.25) is 4.90 Å². The van der Waals surface area contributed by atoms with Crippen LogP contribution in [0.1, 0.15) is 5.56 Å². The average molecular weight is 391 g/mol. The first-order chi connectivity index (χ1) is 14.8. The first-order valence-electron chi connectivity index (χ1n) is 9.44. The quantitative estimate of drug-likeness (QED) is 0.486. The van der Waals surface area contributed by atoms with Gasteiger partial charge in [-0.1, -0.05) is 24.3 Å². The van der Waals surface area contributed by atoms with Crippen LogP contribution in [0.25, 0.3) is 21.8 Å². The minimum absolute atomic E-state index is 0.560. The number of benzene rings is 3. The van der Waals surface area contributed by atoms with Gasteiger partial charge in [0.25, 0.3) is 0 Å². The fourth-order valence-corrected chi connectivity index (χ4v) is 3.64. The number of anilines is 3. The van der Waals surface area contributed by atoms with Crippen molar-refractivity contribution in [2.24, 2.45) is 0 Å². The maximum absolute atomic E-state index is 9.76. The lowest BCUT2D eigenvalue weighted by Crippen LogP contribution is -2.15. The highest BCUT2D eigenvalue weighted by Gasteiger charge is 2.22. The molecule has 0 saturated heterocycles. The van der Waals surface area contributed by atoms with Gasteiger partial charge in [0.2, 0.25) is 0 Å². The monoisotopic (exact) mass is 391 g/mol. The fourth-order valence-electron chi connectivity index (χ4n) is 3.64. The number of hydrogen-bond donors (Lipinski definition) is 1. The molecule has 0 aliphatic rings. The van der Waals surface area contributed by atoms with E-state index < -0.39 is 0 Å². The average Bonchev–Trinajstić information content (AvgIpc) is 3.18. The molecule has 3 aromatic carbocycles. The predicted molar refractivity (Wildman–Crippen MR) is 118 cm³/mol. The fraction of sp³-hybridized carbons (Fsp3) is 0.0435. The summed E-state index contributed by atoms with van der Waals surface area (Å²) in [5.41, 5.74) is 7.08. The SMILES string of the molecule is CNn1nc(N(c2ccc3ncncc3c2)c2ccccc2C#N)c2ccccc21. The lowest BCUT2D eigenvalue weighted by Gasteiger charge is -2.24. The van der Waals surface area contributed by atoms with Crippen LogP contribution in [0.15, 0.2) is 79.3 Å². The molecule has 0 aliphatic carbocycles. The molecule has 7 heteroatoms. The Balaban J connectivity index is 1.83. The molecule has 0 atom stereocenters. The Morgan fingerprint density at radius 3 is 2.73 bits per heavy atom. The summed E-state index contributed by atoms with van der Waals surface area (Å²) in [6.45, 7) is 0. The minimum atomic E-state index is 0.560. The summed E-state index contributed by atoms with van der Waals surface area (Å²) in [4.78, 5) is 12.2. The molecule has 0 bridgehead atoms. The van der Waals surface area contributed by atoms with Crippen LogP contribution >= 0.6 is 0 Å². The molecule has 0 spiro atoms. The highest BCUT2D eigenvalue weighted by Crippen LogP contribution is 2.39. The number of aromatic nitrogens is 4. The van der Waals surface area contributed by atoms with E-state index in [1.54, 1.807) is 11.0 Å². The molecule has 0 radical (unpaired) electrons. The van der Waals surface area contributed by atoms with Crippen LogP contribution in [-0.4, -0.2) is 26.9 Å². The van der Waals surface area contributed by atoms with E-state index in [4.69, 9.17) is 5.10 Å². The van der Waals surface area contributed by atoms with E-state index in [0.717, 1.165) is 39.0 Å². The molecule has 2 heterocycles. The van der Waals surface area contributed by atoms with E-state index >= 15 is 0 Å². The van der Waals surface area contributed by atoms with Gasteiger partial charge in [-0.2, -0.15) is 10.1 Å². The number of nitrogens with zero attached hydrogens (tertiary/aromatic N) is 6. The normalized spacial score (nSPS) is 10.8. The van der Waals surface area contributed by atoms with Crippen LogP contribution in [0.4, 0.5) is 17.2 Å². The summed E-state index contributed by atoms with van der Waals surface area (Å²) in [6, 6.07) is 23.8. The first kappa shape index (κ1) is 17.6. The molecule has 144 valence electrons. The Morgan fingerprint density at radius 1 is 1.03 bits per heavy atom. The number of fused-ring (bicyclic) bond motifs is 2. The third-order valence-electron chi connectivity index (χ3n) is 5.00. The van der Waals surface area contributed by atoms with Crippen molar-refractivity contribution < 1.29 is 0 Å². The molecular weight excluding hydrogens is 374 g/mol. The molecule has 2 aromatic heterocycles. The second-order valence-corrected chi connectivity index (χ2v) is 6.71. The van der Waals surface area contributed by atoms with Crippen molar-refractivity contribution in [3.05, 3.63) is 84.8 Å². The van der Waals surface area contributed by atoms with Gasteiger partial charge in [0, 0.05) is 29.7 Å². The molecule has 0 unspecified atom stereocenters. The Morgan fingerprint density at radius 2 is 1.87 bits per heavy atom. The van der Waals surface area contributed by atoms with Crippen molar-refractivity contribution in [1.82, 2.24) is 19.9 Å². The van der Waals surface area contributed by atoms with Crippen molar-refractivity contribution >= 4 is 39.0 Å². The van der Waals surface area contributed by atoms with Crippen LogP contribution in [0, 0.1) is 11.3 Å². The lowest BCUT2D eigenvalue weighted by molar-refractivity contribution is 0.808. The first-order valence-corrected chi connectivity index (χ1v) is 9.44. The number of rotatable bonds is 4. The van der Waals surface area contributed by atoms with Gasteiger partial charge >= 0.3 is 0 Å². The van der Waals surface area contributed by atoms with Crippen molar-refractivity contribution in [1.29, 1.82) is 5.26 Å². The van der Waals surface area contributed by atoms with E-state index in [0.29, 0.717) is 5.56 Å². The summed E-state index contributed by atoms with van der Waals surface area (Å²) in [5, 5.41) is 16.4. The summed E-state index contributed by atoms with van der Waals surface area (Å²) in [5.74, 6) is 0.721. The third-order valence-corrected chi connectivity index (χ3v) is 5.00. The van der Waals surface area contributed by atoms with Gasteiger partial charge in [0.05, 0.1) is 22.3 Å². The summed E-state index contributed by atoms with van der Waals surface area (Å²) in [7, 11) is 1.82. The minimum Gasteiger partial charge on any atom is -0.312 e. The molecule has 7 nitrogen and oxygen atoms in total. The van der Waals surface area contributed by atoms with Crippen molar-refractivity contribution in [3.8, 4) is 6.07 Å². The second kappa shape index (κ2) is 7.18. The molecule has 0 fully saturated rings. The zero-order chi connectivity index (χ0) is 20.5. The standard InChI is InChI=1S/C23H17N7/c1-25-30-22-9-5-3-7-19(22)23(28-30)29(21-8-4-2-6-16(21)13-24)18-10-11-20-17(12-18)14-26-15-27-20/h2-12,14-15,25H,1H3. The van der Waals surface area contributed by atoms with Crippen LogP contribution < -0.4 is 10.3 Å². The van der Waals surface area contributed by atoms with E-state index in [1.165, 1.54) is 6.33 Å². The van der Waals surface area contributed by atoms with E-state index in [2.05, 4.69) is 21.5 Å². The molecule has 30 heavy (non-hydrogen) atoms. The number of para-hydroxylation sites is 2. The van der Waals surface area contributed by atoms with E-state index in [1.807, 2.05) is 78.7 Å². The molecule has 5 aromatic rings. The molecule has 0 aliphatic heterocycles. The third kappa shape index (κ3) is 2.79. The van der Waals surface area contributed by atoms with Gasteiger partial charge in [0.1, 0.15) is 12.4 Å². The maximum Gasteiger partial charge on any atom is 0.169 e. The van der Waals surface area contributed by atoms with Gasteiger partial charge in [-0.15, -0.1) is 5.10 Å². The largest absolute Gasteiger partial charge is 0.312 e. The smallest absolute Gasteiger partial charge is 0.169 e. The second-order valence-electron chi connectivity index (χ2n) is 6.71. The maximum atomic E-state index is 9.76. The predicted octanol–water partition coefficient (Wildman–Crippen LogP) is 4.49. The van der Waals surface area contributed by atoms with E-state index in [-0.39, 0.29) is 0 Å². The van der Waals surface area contributed by atoms with Gasteiger partial charge in [-0.25, -0.2) is 9.97 Å². The molecule has 1 N–H and O–H groups in total. The van der Waals surface area contributed by atoms with Crippen molar-refractivity contribution in [2.45, 2.75) is 0 Å². The van der Waals surface area contributed by atoms with Gasteiger partial charge in [-0.05, 0) is 42.5 Å². The molecule has 5 rings (SSSR count). The van der Waals surface area contributed by atoms with Crippen LogP contribution in [0.3, 0.4) is 0 Å². The summed E-state index contributed by atoms with van der Waals surface area (Å²) in [6.07, 6.45) is 3.32. The Bertz CT molecular complexity index is 1410. The molecule has 0 saturated carbocycles. The van der Waals surface area contributed by atoms with Crippen LogP contribution in [0.5, 0.6) is 0 Å². The Kier molecular flexibility index (Phi) is 4.23. The summed E-state index contributed by atoms with van der Waals surface area (Å²) < 4.78 is 0. The van der Waals surface area contributed by atoms with E-state index in [9.17, 15) is 5.26 Å².